The van der Waals surface area contributed by atoms with E-state index in [1.165, 1.54) is 19.1 Å². The van der Waals surface area contributed by atoms with Crippen molar-refractivity contribution in [1.29, 1.82) is 0 Å². The molecule has 0 saturated heterocycles. The number of carbonyl (C=O) groups is 2. The first kappa shape index (κ1) is 17.6. The summed E-state index contributed by atoms with van der Waals surface area (Å²) in [7, 11) is 0. The number of hydrogen-bond acceptors (Lipinski definition) is 3. The van der Waals surface area contributed by atoms with Gasteiger partial charge in [-0.25, -0.2) is 4.79 Å². The molecule has 8 heteroatoms. The molecular formula is C16H14F3NO4. The molecule has 0 radical (unpaired) electrons. The van der Waals surface area contributed by atoms with Crippen LogP contribution in [0.15, 0.2) is 40.8 Å². The van der Waals surface area contributed by atoms with E-state index in [-0.39, 0.29) is 5.56 Å². The minimum absolute atomic E-state index is 0.152. The molecule has 24 heavy (non-hydrogen) atoms. The Morgan fingerprint density at radius 2 is 1.88 bits per heavy atom. The number of benzene rings is 1. The lowest BCUT2D eigenvalue weighted by molar-refractivity contribution is -0.153. The minimum Gasteiger partial charge on any atom is -0.475 e. The molecule has 0 aliphatic carbocycles. The van der Waals surface area contributed by atoms with Crippen molar-refractivity contribution in [2.45, 2.75) is 25.6 Å². The summed E-state index contributed by atoms with van der Waals surface area (Å²) in [4.78, 5) is 22.9. The predicted octanol–water partition coefficient (Wildman–Crippen LogP) is 3.19. The summed E-state index contributed by atoms with van der Waals surface area (Å²) in [5.74, 6) is -3.48. The van der Waals surface area contributed by atoms with Crippen LogP contribution in [0.3, 0.4) is 0 Å². The summed E-state index contributed by atoms with van der Waals surface area (Å²) in [6.45, 7) is 1.38. The number of carbonyl (C=O) groups excluding carboxylic acids is 1. The lowest BCUT2D eigenvalue weighted by atomic mass is 10.1. The van der Waals surface area contributed by atoms with Gasteiger partial charge in [-0.1, -0.05) is 30.3 Å². The van der Waals surface area contributed by atoms with Gasteiger partial charge in [0.15, 0.2) is 5.76 Å². The van der Waals surface area contributed by atoms with Crippen LogP contribution in [-0.4, -0.2) is 29.2 Å². The number of amides is 1. The van der Waals surface area contributed by atoms with Crippen LogP contribution in [0.1, 0.15) is 32.2 Å². The maximum absolute atomic E-state index is 13.2. The molecule has 2 rings (SSSR count). The van der Waals surface area contributed by atoms with Gasteiger partial charge in [-0.2, -0.15) is 13.2 Å². The molecule has 5 nitrogen and oxygen atoms in total. The van der Waals surface area contributed by atoms with Gasteiger partial charge in [0.2, 0.25) is 5.76 Å². The number of aryl methyl sites for hydroxylation is 1. The zero-order valence-corrected chi connectivity index (χ0v) is 12.6. The lowest BCUT2D eigenvalue weighted by Gasteiger charge is -2.21. The summed E-state index contributed by atoms with van der Waals surface area (Å²) in [6, 6.07) is 6.87. The first-order valence-corrected chi connectivity index (χ1v) is 6.93. The predicted molar refractivity (Wildman–Crippen MR) is 77.9 cm³/mol. The van der Waals surface area contributed by atoms with Gasteiger partial charge in [0, 0.05) is 12.0 Å². The Kier molecular flexibility index (Phi) is 4.96. The molecule has 2 aromatic rings. The first-order chi connectivity index (χ1) is 11.2. The van der Waals surface area contributed by atoms with Crippen molar-refractivity contribution in [2.24, 2.45) is 0 Å². The monoisotopic (exact) mass is 341 g/mol. The Morgan fingerprint density at radius 1 is 1.25 bits per heavy atom. The van der Waals surface area contributed by atoms with Crippen molar-refractivity contribution in [3.63, 3.8) is 0 Å². The van der Waals surface area contributed by atoms with Crippen LogP contribution in [-0.2, 0) is 6.42 Å². The normalized spacial score (nSPS) is 12.7. The minimum atomic E-state index is -4.66. The highest BCUT2D eigenvalue weighted by Gasteiger charge is 2.41. The summed E-state index contributed by atoms with van der Waals surface area (Å²) in [5.41, 5.74) is 0.557. The molecule has 0 saturated carbocycles. The average molecular weight is 341 g/mol. The Morgan fingerprint density at radius 3 is 2.38 bits per heavy atom. The quantitative estimate of drug-likeness (QED) is 0.875. The zero-order chi connectivity index (χ0) is 17.9. The molecule has 0 bridgehead atoms. The molecule has 1 aromatic heterocycles. The Balaban J connectivity index is 2.18. The molecule has 128 valence electrons. The Hall–Kier alpha value is -2.77. The molecule has 0 aliphatic rings. The number of nitrogens with one attached hydrogen (secondary N) is 1. The second-order valence-corrected chi connectivity index (χ2v) is 5.19. The molecule has 0 spiro atoms. The van der Waals surface area contributed by atoms with Crippen molar-refractivity contribution in [1.82, 2.24) is 5.32 Å². The van der Waals surface area contributed by atoms with Gasteiger partial charge < -0.3 is 14.8 Å². The molecule has 0 fully saturated rings. The summed E-state index contributed by atoms with van der Waals surface area (Å²) in [5, 5.41) is 10.7. The standard InChI is InChI=1S/C16H14F3NO4/c1-9-7-11(24-13(9)15(22)23)14(21)20-12(16(17,18)19)8-10-5-3-2-4-6-10/h2-7,12H,8H2,1H3,(H,20,21)(H,22,23). The van der Waals surface area contributed by atoms with E-state index in [4.69, 9.17) is 9.52 Å². The van der Waals surface area contributed by atoms with E-state index in [2.05, 4.69) is 0 Å². The van der Waals surface area contributed by atoms with E-state index in [1.54, 1.807) is 18.2 Å². The third kappa shape index (κ3) is 4.15. The van der Waals surface area contributed by atoms with Gasteiger partial charge in [0.25, 0.3) is 5.91 Å². The molecule has 1 unspecified atom stereocenters. The van der Waals surface area contributed by atoms with Gasteiger partial charge in [0.1, 0.15) is 6.04 Å². The van der Waals surface area contributed by atoms with Crippen molar-refractivity contribution < 1.29 is 32.3 Å². The van der Waals surface area contributed by atoms with Crippen molar-refractivity contribution in [3.05, 3.63) is 59.0 Å². The Labute approximate surface area is 135 Å². The van der Waals surface area contributed by atoms with Crippen LogP contribution in [0, 0.1) is 6.92 Å². The van der Waals surface area contributed by atoms with Crippen LogP contribution >= 0.6 is 0 Å². The smallest absolute Gasteiger partial charge is 0.408 e. The SMILES string of the molecule is Cc1cc(C(=O)NC(Cc2ccccc2)C(F)(F)F)oc1C(=O)O. The second kappa shape index (κ2) is 6.77. The van der Waals surface area contributed by atoms with E-state index in [0.29, 0.717) is 5.56 Å². The number of alkyl halides is 3. The molecule has 1 amide bonds. The maximum atomic E-state index is 13.2. The molecule has 0 aliphatic heterocycles. The van der Waals surface area contributed by atoms with Gasteiger partial charge in [-0.15, -0.1) is 0 Å². The van der Waals surface area contributed by atoms with E-state index < -0.39 is 42.0 Å². The van der Waals surface area contributed by atoms with Crippen molar-refractivity contribution >= 4 is 11.9 Å². The third-order valence-electron chi connectivity index (χ3n) is 3.32. The first-order valence-electron chi connectivity index (χ1n) is 6.93. The fraction of sp³-hybridized carbons (Fsp3) is 0.250. The van der Waals surface area contributed by atoms with Gasteiger partial charge in [-0.3, -0.25) is 4.79 Å². The topological polar surface area (TPSA) is 79.5 Å². The number of hydrogen-bond donors (Lipinski definition) is 2. The number of halogens is 3. The van der Waals surface area contributed by atoms with Crippen LogP contribution in [0.5, 0.6) is 0 Å². The lowest BCUT2D eigenvalue weighted by Crippen LogP contribution is -2.46. The summed E-state index contributed by atoms with van der Waals surface area (Å²) in [6.07, 6.45) is -5.11. The number of aromatic carboxylic acids is 1. The molecule has 1 aromatic carbocycles. The number of furan rings is 1. The van der Waals surface area contributed by atoms with Crippen LogP contribution in [0.2, 0.25) is 0 Å². The fourth-order valence-corrected chi connectivity index (χ4v) is 2.13. The third-order valence-corrected chi connectivity index (χ3v) is 3.32. The molecule has 1 heterocycles. The van der Waals surface area contributed by atoms with Crippen molar-refractivity contribution in [3.8, 4) is 0 Å². The largest absolute Gasteiger partial charge is 0.475 e. The molecule has 1 atom stereocenters. The van der Waals surface area contributed by atoms with E-state index in [1.807, 2.05) is 5.32 Å². The van der Waals surface area contributed by atoms with Crippen LogP contribution in [0.4, 0.5) is 13.2 Å². The molecule has 2 N–H and O–H groups in total. The molecular weight excluding hydrogens is 327 g/mol. The van der Waals surface area contributed by atoms with Gasteiger partial charge in [-0.05, 0) is 18.6 Å². The fourth-order valence-electron chi connectivity index (χ4n) is 2.13. The number of rotatable bonds is 5. The van der Waals surface area contributed by atoms with Crippen molar-refractivity contribution in [2.75, 3.05) is 0 Å². The summed E-state index contributed by atoms with van der Waals surface area (Å²) < 4.78 is 44.3. The average Bonchev–Trinajstić information content (AvgIpc) is 2.89. The van der Waals surface area contributed by atoms with E-state index in [9.17, 15) is 22.8 Å². The summed E-state index contributed by atoms with van der Waals surface area (Å²) >= 11 is 0. The number of carboxylic acid groups (broad SMARTS) is 1. The number of carboxylic acids is 1. The van der Waals surface area contributed by atoms with E-state index >= 15 is 0 Å². The Bertz CT molecular complexity index is 738. The second-order valence-electron chi connectivity index (χ2n) is 5.19. The maximum Gasteiger partial charge on any atom is 0.408 e. The van der Waals surface area contributed by atoms with Crippen LogP contribution < -0.4 is 5.32 Å². The van der Waals surface area contributed by atoms with Crippen LogP contribution in [0.25, 0.3) is 0 Å². The van der Waals surface area contributed by atoms with E-state index in [0.717, 1.165) is 6.07 Å². The highest BCUT2D eigenvalue weighted by atomic mass is 19.4. The zero-order valence-electron chi connectivity index (χ0n) is 12.6. The highest BCUT2D eigenvalue weighted by Crippen LogP contribution is 2.24. The highest BCUT2D eigenvalue weighted by molar-refractivity contribution is 5.94. The van der Waals surface area contributed by atoms with Gasteiger partial charge >= 0.3 is 12.1 Å². The van der Waals surface area contributed by atoms with Gasteiger partial charge in [0.05, 0.1) is 0 Å².